The molecule has 2 heterocycles. The Kier molecular flexibility index (Phi) is 6.09. The standard InChI is InChI=1S/C27H24ClN3O4/c1-33-19-10-4-16(5-11-19)15-31-26(21-13-12-20(34-2)14-22(21)35-3)23-24(29-30-25(23)27(31)32)17-6-8-18(28)9-7-17/h4-14,26H,15H2,1-3H3,(H,29,30). The van der Waals surface area contributed by atoms with Gasteiger partial charge < -0.3 is 19.1 Å². The molecule has 1 aromatic heterocycles. The maximum Gasteiger partial charge on any atom is 0.273 e. The second-order valence-electron chi connectivity index (χ2n) is 8.16. The summed E-state index contributed by atoms with van der Waals surface area (Å²) in [6.07, 6.45) is 0. The van der Waals surface area contributed by atoms with Crippen molar-refractivity contribution in [1.82, 2.24) is 15.1 Å². The number of hydrogen-bond acceptors (Lipinski definition) is 5. The number of aromatic amines is 1. The Morgan fingerprint density at radius 1 is 0.914 bits per heavy atom. The van der Waals surface area contributed by atoms with Gasteiger partial charge in [0.15, 0.2) is 0 Å². The van der Waals surface area contributed by atoms with Gasteiger partial charge in [-0.05, 0) is 42.0 Å². The second-order valence-corrected chi connectivity index (χ2v) is 8.60. The quantitative estimate of drug-likeness (QED) is 0.371. The van der Waals surface area contributed by atoms with Crippen LogP contribution in [0, 0.1) is 0 Å². The molecule has 1 amide bonds. The average Bonchev–Trinajstić information content (AvgIpc) is 3.43. The van der Waals surface area contributed by atoms with Crippen molar-refractivity contribution in [2.75, 3.05) is 21.3 Å². The number of halogens is 1. The molecule has 1 unspecified atom stereocenters. The molecule has 0 saturated heterocycles. The normalized spacial score (nSPS) is 14.7. The van der Waals surface area contributed by atoms with Crippen LogP contribution in [0.3, 0.4) is 0 Å². The summed E-state index contributed by atoms with van der Waals surface area (Å²) >= 11 is 6.11. The summed E-state index contributed by atoms with van der Waals surface area (Å²) in [4.78, 5) is 15.5. The lowest BCUT2D eigenvalue weighted by atomic mass is 9.95. The average molecular weight is 490 g/mol. The fourth-order valence-corrected chi connectivity index (χ4v) is 4.61. The third kappa shape index (κ3) is 4.08. The van der Waals surface area contributed by atoms with E-state index in [4.69, 9.17) is 25.8 Å². The van der Waals surface area contributed by atoms with Gasteiger partial charge in [-0.25, -0.2) is 0 Å². The largest absolute Gasteiger partial charge is 0.497 e. The highest BCUT2D eigenvalue weighted by molar-refractivity contribution is 6.30. The van der Waals surface area contributed by atoms with Gasteiger partial charge in [0.2, 0.25) is 0 Å². The molecule has 5 rings (SSSR count). The monoisotopic (exact) mass is 489 g/mol. The highest BCUT2D eigenvalue weighted by Gasteiger charge is 2.43. The number of ether oxygens (including phenoxy) is 3. The zero-order chi connectivity index (χ0) is 24.5. The van der Waals surface area contributed by atoms with Crippen LogP contribution in [0.25, 0.3) is 11.3 Å². The maximum atomic E-state index is 13.7. The minimum Gasteiger partial charge on any atom is -0.497 e. The van der Waals surface area contributed by atoms with Crippen molar-refractivity contribution in [3.05, 3.63) is 94.1 Å². The molecule has 1 aliphatic rings. The molecular formula is C27H24ClN3O4. The Labute approximate surface area is 208 Å². The number of methoxy groups -OCH3 is 3. The van der Waals surface area contributed by atoms with Crippen LogP contribution in [0.5, 0.6) is 17.2 Å². The molecule has 35 heavy (non-hydrogen) atoms. The SMILES string of the molecule is COc1ccc(CN2C(=O)c3[nH]nc(-c4ccc(Cl)cc4)c3C2c2ccc(OC)cc2OC)cc1. The Balaban J connectivity index is 1.65. The maximum absolute atomic E-state index is 13.7. The predicted octanol–water partition coefficient (Wildman–Crippen LogP) is 5.50. The van der Waals surface area contributed by atoms with Gasteiger partial charge in [-0.3, -0.25) is 9.89 Å². The summed E-state index contributed by atoms with van der Waals surface area (Å²) in [5, 5.41) is 8.13. The van der Waals surface area contributed by atoms with Gasteiger partial charge in [-0.1, -0.05) is 35.9 Å². The van der Waals surface area contributed by atoms with E-state index < -0.39 is 6.04 Å². The van der Waals surface area contributed by atoms with Gasteiger partial charge in [0.05, 0.1) is 33.1 Å². The number of nitrogens with zero attached hydrogens (tertiary/aromatic N) is 2. The van der Waals surface area contributed by atoms with E-state index in [9.17, 15) is 4.79 Å². The lowest BCUT2D eigenvalue weighted by Gasteiger charge is -2.28. The van der Waals surface area contributed by atoms with Crippen LogP contribution in [-0.4, -0.2) is 42.3 Å². The van der Waals surface area contributed by atoms with E-state index in [-0.39, 0.29) is 5.91 Å². The lowest BCUT2D eigenvalue weighted by molar-refractivity contribution is 0.0728. The highest BCUT2D eigenvalue weighted by Crippen LogP contribution is 2.46. The Morgan fingerprint density at radius 3 is 2.26 bits per heavy atom. The minimum atomic E-state index is -0.426. The van der Waals surface area contributed by atoms with Crippen LogP contribution < -0.4 is 14.2 Å². The molecule has 0 radical (unpaired) electrons. The molecule has 0 aliphatic carbocycles. The third-order valence-corrected chi connectivity index (χ3v) is 6.48. The van der Waals surface area contributed by atoms with Crippen molar-refractivity contribution >= 4 is 17.5 Å². The first-order chi connectivity index (χ1) is 17.0. The summed E-state index contributed by atoms with van der Waals surface area (Å²) < 4.78 is 16.4. The zero-order valence-electron chi connectivity index (χ0n) is 19.5. The molecule has 1 N–H and O–H groups in total. The number of aromatic nitrogens is 2. The van der Waals surface area contributed by atoms with Crippen LogP contribution in [0.2, 0.25) is 5.02 Å². The molecule has 4 aromatic rings. The smallest absolute Gasteiger partial charge is 0.273 e. The minimum absolute atomic E-state index is 0.133. The number of nitrogens with one attached hydrogen (secondary N) is 1. The number of H-pyrrole nitrogens is 1. The molecule has 8 heteroatoms. The van der Waals surface area contributed by atoms with E-state index in [1.165, 1.54) is 0 Å². The summed E-state index contributed by atoms with van der Waals surface area (Å²) in [5.41, 5.74) is 4.64. The van der Waals surface area contributed by atoms with E-state index >= 15 is 0 Å². The lowest BCUT2D eigenvalue weighted by Crippen LogP contribution is -2.29. The zero-order valence-corrected chi connectivity index (χ0v) is 20.3. The fourth-order valence-electron chi connectivity index (χ4n) is 4.48. The predicted molar refractivity (Wildman–Crippen MR) is 133 cm³/mol. The first-order valence-electron chi connectivity index (χ1n) is 11.0. The van der Waals surface area contributed by atoms with Crippen molar-refractivity contribution in [1.29, 1.82) is 0 Å². The van der Waals surface area contributed by atoms with Crippen molar-refractivity contribution in [2.24, 2.45) is 0 Å². The number of fused-ring (bicyclic) bond motifs is 1. The molecule has 0 spiro atoms. The molecule has 0 bridgehead atoms. The first-order valence-corrected chi connectivity index (χ1v) is 11.4. The molecule has 178 valence electrons. The van der Waals surface area contributed by atoms with E-state index in [0.29, 0.717) is 34.5 Å². The summed E-state index contributed by atoms with van der Waals surface area (Å²) in [7, 11) is 4.85. The Morgan fingerprint density at radius 2 is 1.60 bits per heavy atom. The number of carbonyl (C=O) groups is 1. The van der Waals surface area contributed by atoms with Crippen molar-refractivity contribution in [2.45, 2.75) is 12.6 Å². The number of benzene rings is 3. The van der Waals surface area contributed by atoms with E-state index in [1.807, 2.05) is 71.6 Å². The highest BCUT2D eigenvalue weighted by atomic mass is 35.5. The Hall–Kier alpha value is -3.97. The van der Waals surface area contributed by atoms with Gasteiger partial charge in [0.25, 0.3) is 5.91 Å². The van der Waals surface area contributed by atoms with Crippen LogP contribution in [0.4, 0.5) is 0 Å². The molecule has 1 atom stereocenters. The number of rotatable bonds is 7. The van der Waals surface area contributed by atoms with E-state index in [1.54, 1.807) is 21.3 Å². The number of hydrogen-bond donors (Lipinski definition) is 1. The van der Waals surface area contributed by atoms with E-state index in [2.05, 4.69) is 10.2 Å². The van der Waals surface area contributed by atoms with Crippen LogP contribution in [0.15, 0.2) is 66.7 Å². The fraction of sp³-hybridized carbons (Fsp3) is 0.185. The topological polar surface area (TPSA) is 76.7 Å². The van der Waals surface area contributed by atoms with Gasteiger partial charge in [0.1, 0.15) is 22.9 Å². The molecule has 0 saturated carbocycles. The van der Waals surface area contributed by atoms with E-state index in [0.717, 1.165) is 28.0 Å². The van der Waals surface area contributed by atoms with Gasteiger partial charge >= 0.3 is 0 Å². The van der Waals surface area contributed by atoms with Gasteiger partial charge in [0, 0.05) is 34.3 Å². The first kappa shape index (κ1) is 22.8. The van der Waals surface area contributed by atoms with Crippen molar-refractivity contribution in [3.8, 4) is 28.5 Å². The molecule has 3 aromatic carbocycles. The molecule has 7 nitrogen and oxygen atoms in total. The third-order valence-electron chi connectivity index (χ3n) is 6.23. The van der Waals surface area contributed by atoms with Gasteiger partial charge in [-0.15, -0.1) is 0 Å². The number of amides is 1. The summed E-state index contributed by atoms with van der Waals surface area (Å²) in [6, 6.07) is 20.3. The molecule has 1 aliphatic heterocycles. The van der Waals surface area contributed by atoms with Crippen LogP contribution >= 0.6 is 11.6 Å². The van der Waals surface area contributed by atoms with Gasteiger partial charge in [-0.2, -0.15) is 5.10 Å². The van der Waals surface area contributed by atoms with Crippen molar-refractivity contribution < 1.29 is 19.0 Å². The summed E-state index contributed by atoms with van der Waals surface area (Å²) in [6.45, 7) is 0.394. The number of carbonyl (C=O) groups excluding carboxylic acids is 1. The molecular weight excluding hydrogens is 466 g/mol. The molecule has 0 fully saturated rings. The second kappa shape index (κ2) is 9.35. The Bertz CT molecular complexity index is 1370. The summed E-state index contributed by atoms with van der Waals surface area (Å²) in [5.74, 6) is 1.92. The van der Waals surface area contributed by atoms with Crippen LogP contribution in [0.1, 0.15) is 33.2 Å². The van der Waals surface area contributed by atoms with Crippen molar-refractivity contribution in [3.63, 3.8) is 0 Å². The van der Waals surface area contributed by atoms with Crippen LogP contribution in [-0.2, 0) is 6.54 Å².